The summed E-state index contributed by atoms with van der Waals surface area (Å²) in [4.78, 5) is 21.8. The van der Waals surface area contributed by atoms with E-state index in [4.69, 9.17) is 4.74 Å². The van der Waals surface area contributed by atoms with Crippen molar-refractivity contribution in [2.75, 3.05) is 0 Å². The van der Waals surface area contributed by atoms with Crippen molar-refractivity contribution in [2.45, 2.75) is 46.0 Å². The molecule has 1 atom stereocenters. The highest BCUT2D eigenvalue weighted by atomic mass is 16.5. The molecule has 0 saturated heterocycles. The molecule has 0 aromatic carbocycles. The monoisotopic (exact) mass is 225 g/mol. The third-order valence-corrected chi connectivity index (χ3v) is 2.83. The summed E-state index contributed by atoms with van der Waals surface area (Å²) < 4.78 is 4.97. The number of hydrogen-bond acceptors (Lipinski definition) is 3. The van der Waals surface area contributed by atoms with Crippen molar-refractivity contribution in [1.29, 1.82) is 0 Å². The molecule has 1 aliphatic rings. The molecule has 4 nitrogen and oxygen atoms in total. The fourth-order valence-corrected chi connectivity index (χ4v) is 2.05. The first-order valence-corrected chi connectivity index (χ1v) is 5.80. The average Bonchev–Trinajstić information content (AvgIpc) is 2.23. The largest absolute Gasteiger partial charge is 0.431 e. The van der Waals surface area contributed by atoms with Crippen molar-refractivity contribution in [3.8, 4) is 0 Å². The van der Waals surface area contributed by atoms with E-state index in [1.165, 1.54) is 0 Å². The predicted octanol–water partition coefficient (Wildman–Crippen LogP) is 2.11. The normalized spacial score (nSPS) is 20.6. The zero-order chi connectivity index (χ0) is 12.0. The minimum atomic E-state index is 0.0113. The van der Waals surface area contributed by atoms with E-state index in [0.717, 1.165) is 25.7 Å². The number of allylic oxidation sites excluding steroid dienone is 2. The third kappa shape index (κ3) is 3.36. The van der Waals surface area contributed by atoms with Crippen molar-refractivity contribution in [1.82, 2.24) is 5.32 Å². The molecule has 90 valence electrons. The number of hydrogen-bond donors (Lipinski definition) is 1. The van der Waals surface area contributed by atoms with Gasteiger partial charge >= 0.3 is 0 Å². The Kier molecular flexibility index (Phi) is 5.02. The molecule has 0 aliphatic carbocycles. The fraction of sp³-hybridized carbons (Fsp3) is 0.667. The molecule has 0 radical (unpaired) electrons. The van der Waals surface area contributed by atoms with E-state index in [0.29, 0.717) is 24.3 Å². The maximum Gasteiger partial charge on any atom is 0.298 e. The molecule has 0 aromatic heterocycles. The van der Waals surface area contributed by atoms with Gasteiger partial charge in [-0.3, -0.25) is 9.59 Å². The number of carbonyl (C=O) groups excluding carboxylic acids is 2. The summed E-state index contributed by atoms with van der Waals surface area (Å²) in [5.74, 6) is 0.702. The quantitative estimate of drug-likeness (QED) is 0.556. The van der Waals surface area contributed by atoms with Crippen LogP contribution in [0.3, 0.4) is 0 Å². The standard InChI is InChI=1S/C12H19NO3/c1-3-4-5-6-10-7-11(15)13-9(2)12(10)16-8-14/h8,10H,3-7H2,1-2H3,(H,13,15). The summed E-state index contributed by atoms with van der Waals surface area (Å²) in [6.07, 6.45) is 4.68. The Morgan fingerprint density at radius 1 is 1.50 bits per heavy atom. The second-order valence-corrected chi connectivity index (χ2v) is 4.15. The summed E-state index contributed by atoms with van der Waals surface area (Å²) in [7, 11) is 0. The van der Waals surface area contributed by atoms with Crippen LogP contribution in [0.25, 0.3) is 0 Å². The van der Waals surface area contributed by atoms with Gasteiger partial charge in [-0.1, -0.05) is 26.2 Å². The smallest absolute Gasteiger partial charge is 0.298 e. The molecule has 1 unspecified atom stereocenters. The highest BCUT2D eigenvalue weighted by Gasteiger charge is 2.26. The van der Waals surface area contributed by atoms with Crippen LogP contribution in [0.2, 0.25) is 0 Å². The molecule has 0 spiro atoms. The summed E-state index contributed by atoms with van der Waals surface area (Å²) in [5, 5.41) is 2.69. The number of ether oxygens (including phenoxy) is 1. The first-order valence-electron chi connectivity index (χ1n) is 5.80. The molecule has 16 heavy (non-hydrogen) atoms. The first kappa shape index (κ1) is 12.7. The van der Waals surface area contributed by atoms with E-state index in [1.54, 1.807) is 6.92 Å². The Bertz CT molecular complexity index is 297. The van der Waals surface area contributed by atoms with E-state index in [1.807, 2.05) is 0 Å². The van der Waals surface area contributed by atoms with E-state index < -0.39 is 0 Å². The highest BCUT2D eigenvalue weighted by Crippen LogP contribution is 2.28. The van der Waals surface area contributed by atoms with E-state index in [2.05, 4.69) is 12.2 Å². The zero-order valence-electron chi connectivity index (χ0n) is 9.91. The van der Waals surface area contributed by atoms with Crippen molar-refractivity contribution < 1.29 is 14.3 Å². The van der Waals surface area contributed by atoms with Gasteiger partial charge in [-0.05, 0) is 13.3 Å². The molecule has 0 aromatic rings. The van der Waals surface area contributed by atoms with Gasteiger partial charge in [0.2, 0.25) is 5.91 Å². The van der Waals surface area contributed by atoms with E-state index in [9.17, 15) is 9.59 Å². The summed E-state index contributed by atoms with van der Waals surface area (Å²) in [5.41, 5.74) is 0.671. The SMILES string of the molecule is CCCCCC1CC(=O)NC(C)=C1OC=O. The van der Waals surface area contributed by atoms with Gasteiger partial charge in [0, 0.05) is 12.3 Å². The molecule has 0 bridgehead atoms. The molecule has 4 heteroatoms. The summed E-state index contributed by atoms with van der Waals surface area (Å²) in [6.45, 7) is 4.34. The van der Waals surface area contributed by atoms with Gasteiger partial charge in [-0.2, -0.15) is 0 Å². The topological polar surface area (TPSA) is 55.4 Å². The van der Waals surface area contributed by atoms with E-state index in [-0.39, 0.29) is 11.8 Å². The summed E-state index contributed by atoms with van der Waals surface area (Å²) >= 11 is 0. The lowest BCUT2D eigenvalue weighted by atomic mass is 9.92. The molecule has 0 fully saturated rings. The molecule has 0 saturated carbocycles. The third-order valence-electron chi connectivity index (χ3n) is 2.83. The lowest BCUT2D eigenvalue weighted by Crippen LogP contribution is -2.32. The zero-order valence-corrected chi connectivity index (χ0v) is 9.91. The van der Waals surface area contributed by atoms with E-state index >= 15 is 0 Å². The van der Waals surface area contributed by atoms with Gasteiger partial charge in [0.25, 0.3) is 6.47 Å². The Labute approximate surface area is 96.0 Å². The lowest BCUT2D eigenvalue weighted by Gasteiger charge is -2.25. The van der Waals surface area contributed by atoms with Crippen LogP contribution in [0.1, 0.15) is 46.0 Å². The number of amides is 1. The van der Waals surface area contributed by atoms with Gasteiger partial charge in [0.05, 0.1) is 5.70 Å². The van der Waals surface area contributed by atoms with Crippen LogP contribution in [0, 0.1) is 5.92 Å². The Hall–Kier alpha value is -1.32. The maximum absolute atomic E-state index is 11.4. The van der Waals surface area contributed by atoms with Crippen LogP contribution < -0.4 is 5.32 Å². The van der Waals surface area contributed by atoms with Crippen LogP contribution in [0.4, 0.5) is 0 Å². The molecule has 1 aliphatic heterocycles. The van der Waals surface area contributed by atoms with Crippen LogP contribution in [-0.2, 0) is 14.3 Å². The van der Waals surface area contributed by atoms with Crippen LogP contribution in [0.15, 0.2) is 11.5 Å². The Morgan fingerprint density at radius 2 is 2.25 bits per heavy atom. The molecule has 1 amide bonds. The number of nitrogens with one attached hydrogen (secondary N) is 1. The van der Waals surface area contributed by atoms with Crippen molar-refractivity contribution in [2.24, 2.45) is 5.92 Å². The van der Waals surface area contributed by atoms with Crippen LogP contribution in [-0.4, -0.2) is 12.4 Å². The predicted molar refractivity (Wildman–Crippen MR) is 60.2 cm³/mol. The molecular weight excluding hydrogens is 206 g/mol. The van der Waals surface area contributed by atoms with Gasteiger partial charge in [0.1, 0.15) is 5.76 Å². The summed E-state index contributed by atoms with van der Waals surface area (Å²) in [6, 6.07) is 0. The minimum absolute atomic E-state index is 0.0113. The van der Waals surface area contributed by atoms with Crippen molar-refractivity contribution in [3.05, 3.63) is 11.5 Å². The maximum atomic E-state index is 11.4. The van der Waals surface area contributed by atoms with Gasteiger partial charge in [0.15, 0.2) is 0 Å². The average molecular weight is 225 g/mol. The van der Waals surface area contributed by atoms with Crippen LogP contribution in [0.5, 0.6) is 0 Å². The molecular formula is C12H19NO3. The van der Waals surface area contributed by atoms with Crippen LogP contribution >= 0.6 is 0 Å². The molecule has 1 heterocycles. The second-order valence-electron chi connectivity index (χ2n) is 4.15. The van der Waals surface area contributed by atoms with Gasteiger partial charge in [-0.25, -0.2) is 0 Å². The molecule has 1 rings (SSSR count). The second kappa shape index (κ2) is 6.30. The minimum Gasteiger partial charge on any atom is -0.431 e. The Balaban J connectivity index is 2.66. The van der Waals surface area contributed by atoms with Gasteiger partial charge in [-0.15, -0.1) is 0 Å². The fourth-order valence-electron chi connectivity index (χ4n) is 2.05. The molecule has 1 N–H and O–H groups in total. The number of unbranched alkanes of at least 4 members (excludes halogenated alkanes) is 2. The van der Waals surface area contributed by atoms with Crippen molar-refractivity contribution in [3.63, 3.8) is 0 Å². The van der Waals surface area contributed by atoms with Crippen molar-refractivity contribution >= 4 is 12.4 Å². The lowest BCUT2D eigenvalue weighted by molar-refractivity contribution is -0.129. The number of carbonyl (C=O) groups is 2. The Morgan fingerprint density at radius 3 is 2.88 bits per heavy atom. The highest BCUT2D eigenvalue weighted by molar-refractivity contribution is 5.79. The number of rotatable bonds is 6. The first-order chi connectivity index (χ1) is 7.69. The van der Waals surface area contributed by atoms with Gasteiger partial charge < -0.3 is 10.1 Å².